The molecule has 4 heteroatoms. The second-order valence-corrected chi connectivity index (χ2v) is 6.19. The van der Waals surface area contributed by atoms with Crippen LogP contribution < -0.4 is 0 Å². The van der Waals surface area contributed by atoms with Gasteiger partial charge in [0.1, 0.15) is 0 Å². The number of nitrogens with zero attached hydrogens (tertiary/aromatic N) is 3. The average molecular weight is 289 g/mol. The second-order valence-electron chi connectivity index (χ2n) is 6.19. The van der Waals surface area contributed by atoms with Crippen LogP contribution in [0.15, 0.2) is 24.3 Å². The molecule has 1 atom stereocenters. The summed E-state index contributed by atoms with van der Waals surface area (Å²) >= 11 is 0. The normalized spacial score (nSPS) is 18.5. The van der Waals surface area contributed by atoms with Crippen LogP contribution in [0.5, 0.6) is 0 Å². The molecule has 0 spiro atoms. The van der Waals surface area contributed by atoms with E-state index in [0.717, 1.165) is 26.2 Å². The second kappa shape index (κ2) is 7.05. The molecule has 21 heavy (non-hydrogen) atoms. The van der Waals surface area contributed by atoms with Gasteiger partial charge in [-0.2, -0.15) is 0 Å². The molecule has 1 aliphatic heterocycles. The number of aryl methyl sites for hydroxylation is 1. The van der Waals surface area contributed by atoms with Crippen LogP contribution in [-0.4, -0.2) is 67.4 Å². The minimum absolute atomic E-state index is 0.190. The highest BCUT2D eigenvalue weighted by molar-refractivity contribution is 5.77. The van der Waals surface area contributed by atoms with Crippen molar-refractivity contribution in [1.29, 1.82) is 0 Å². The predicted molar refractivity (Wildman–Crippen MR) is 86.3 cm³/mol. The van der Waals surface area contributed by atoms with E-state index in [-0.39, 0.29) is 5.91 Å². The number of amides is 1. The van der Waals surface area contributed by atoms with Crippen LogP contribution in [0.1, 0.15) is 24.1 Å². The zero-order valence-corrected chi connectivity index (χ0v) is 13.7. The van der Waals surface area contributed by atoms with Crippen LogP contribution in [0.4, 0.5) is 0 Å². The largest absolute Gasteiger partial charge is 0.348 e. The molecule has 1 amide bonds. The third-order valence-corrected chi connectivity index (χ3v) is 4.34. The molecule has 1 unspecified atom stereocenters. The first-order valence-electron chi connectivity index (χ1n) is 7.70. The number of carbonyl (C=O) groups is 1. The third kappa shape index (κ3) is 4.29. The van der Waals surface area contributed by atoms with Gasteiger partial charge < -0.3 is 4.90 Å². The van der Waals surface area contributed by atoms with Crippen LogP contribution >= 0.6 is 0 Å². The first kappa shape index (κ1) is 16.0. The Hall–Kier alpha value is -1.39. The van der Waals surface area contributed by atoms with E-state index in [0.29, 0.717) is 12.6 Å². The monoisotopic (exact) mass is 289 g/mol. The van der Waals surface area contributed by atoms with Gasteiger partial charge in [-0.3, -0.25) is 14.6 Å². The lowest BCUT2D eigenvalue weighted by Crippen LogP contribution is -2.49. The highest BCUT2D eigenvalue weighted by Gasteiger charge is 2.23. The van der Waals surface area contributed by atoms with Crippen molar-refractivity contribution in [3.05, 3.63) is 35.4 Å². The standard InChI is InChI=1S/C17H27N3O/c1-14-6-5-7-16(12-14)15(2)20-10-8-19(9-11-20)13-17(21)18(3)4/h5-7,12,15H,8-11,13H2,1-4H3. The van der Waals surface area contributed by atoms with Crippen molar-refractivity contribution in [3.8, 4) is 0 Å². The van der Waals surface area contributed by atoms with Crippen molar-refractivity contribution in [1.82, 2.24) is 14.7 Å². The van der Waals surface area contributed by atoms with Gasteiger partial charge in [-0.1, -0.05) is 29.8 Å². The Morgan fingerprint density at radius 2 is 1.90 bits per heavy atom. The molecule has 1 aromatic carbocycles. The summed E-state index contributed by atoms with van der Waals surface area (Å²) in [6, 6.07) is 9.19. The van der Waals surface area contributed by atoms with E-state index < -0.39 is 0 Å². The number of benzene rings is 1. The summed E-state index contributed by atoms with van der Waals surface area (Å²) in [5.74, 6) is 0.190. The summed E-state index contributed by atoms with van der Waals surface area (Å²) in [6.45, 7) is 8.94. The Morgan fingerprint density at radius 1 is 1.24 bits per heavy atom. The number of carbonyl (C=O) groups excluding carboxylic acids is 1. The fourth-order valence-corrected chi connectivity index (χ4v) is 2.78. The van der Waals surface area contributed by atoms with E-state index in [1.807, 2.05) is 14.1 Å². The molecule has 1 saturated heterocycles. The first-order chi connectivity index (χ1) is 9.97. The van der Waals surface area contributed by atoms with Crippen molar-refractivity contribution >= 4 is 5.91 Å². The van der Waals surface area contributed by atoms with E-state index in [4.69, 9.17) is 0 Å². The van der Waals surface area contributed by atoms with Gasteiger partial charge in [0.25, 0.3) is 0 Å². The van der Waals surface area contributed by atoms with Crippen molar-refractivity contribution in [2.24, 2.45) is 0 Å². The molecule has 1 heterocycles. The Balaban J connectivity index is 1.87. The van der Waals surface area contributed by atoms with E-state index >= 15 is 0 Å². The average Bonchev–Trinajstić information content (AvgIpc) is 2.47. The number of hydrogen-bond acceptors (Lipinski definition) is 3. The van der Waals surface area contributed by atoms with Crippen molar-refractivity contribution in [2.75, 3.05) is 46.8 Å². The van der Waals surface area contributed by atoms with Crippen LogP contribution in [-0.2, 0) is 4.79 Å². The zero-order chi connectivity index (χ0) is 15.4. The Bertz CT molecular complexity index is 479. The minimum Gasteiger partial charge on any atom is -0.348 e. The minimum atomic E-state index is 0.190. The zero-order valence-electron chi connectivity index (χ0n) is 13.7. The van der Waals surface area contributed by atoms with Gasteiger partial charge in [0.15, 0.2) is 0 Å². The summed E-state index contributed by atoms with van der Waals surface area (Å²) in [6.07, 6.45) is 0. The van der Waals surface area contributed by atoms with Crippen LogP contribution in [0.2, 0.25) is 0 Å². The van der Waals surface area contributed by atoms with Gasteiger partial charge >= 0.3 is 0 Å². The van der Waals surface area contributed by atoms with Crippen molar-refractivity contribution in [3.63, 3.8) is 0 Å². The summed E-state index contributed by atoms with van der Waals surface area (Å²) < 4.78 is 0. The summed E-state index contributed by atoms with van der Waals surface area (Å²) in [4.78, 5) is 18.2. The molecule has 1 fully saturated rings. The molecule has 0 aliphatic carbocycles. The maximum atomic E-state index is 11.8. The molecule has 1 aromatic rings. The van der Waals surface area contributed by atoms with Gasteiger partial charge in [-0.15, -0.1) is 0 Å². The lowest BCUT2D eigenvalue weighted by atomic mass is 10.0. The number of hydrogen-bond donors (Lipinski definition) is 0. The topological polar surface area (TPSA) is 26.8 Å². The summed E-state index contributed by atoms with van der Waals surface area (Å²) in [5, 5.41) is 0. The fourth-order valence-electron chi connectivity index (χ4n) is 2.78. The molecule has 4 nitrogen and oxygen atoms in total. The molecule has 0 bridgehead atoms. The Kier molecular flexibility index (Phi) is 5.37. The quantitative estimate of drug-likeness (QED) is 0.845. The molecular weight excluding hydrogens is 262 g/mol. The molecule has 1 aliphatic rings. The van der Waals surface area contributed by atoms with Crippen LogP contribution in [0, 0.1) is 6.92 Å². The van der Waals surface area contributed by atoms with Gasteiger partial charge in [-0.05, 0) is 19.4 Å². The fraction of sp³-hybridized carbons (Fsp3) is 0.588. The van der Waals surface area contributed by atoms with Crippen molar-refractivity contribution < 1.29 is 4.79 Å². The summed E-state index contributed by atoms with van der Waals surface area (Å²) in [7, 11) is 3.64. The van der Waals surface area contributed by atoms with E-state index in [9.17, 15) is 4.79 Å². The van der Waals surface area contributed by atoms with Crippen molar-refractivity contribution in [2.45, 2.75) is 19.9 Å². The molecule has 0 saturated carbocycles. The maximum Gasteiger partial charge on any atom is 0.236 e. The van der Waals surface area contributed by atoms with E-state index in [2.05, 4.69) is 47.9 Å². The van der Waals surface area contributed by atoms with Gasteiger partial charge in [0.2, 0.25) is 5.91 Å². The lowest BCUT2D eigenvalue weighted by molar-refractivity contribution is -0.130. The predicted octanol–water partition coefficient (Wildman–Crippen LogP) is 1.76. The highest BCUT2D eigenvalue weighted by Crippen LogP contribution is 2.22. The van der Waals surface area contributed by atoms with Crippen LogP contribution in [0.25, 0.3) is 0 Å². The Labute approximate surface area is 128 Å². The molecule has 0 aromatic heterocycles. The lowest BCUT2D eigenvalue weighted by Gasteiger charge is -2.38. The third-order valence-electron chi connectivity index (χ3n) is 4.34. The van der Waals surface area contributed by atoms with E-state index in [1.165, 1.54) is 11.1 Å². The first-order valence-corrected chi connectivity index (χ1v) is 7.70. The van der Waals surface area contributed by atoms with Crippen LogP contribution in [0.3, 0.4) is 0 Å². The molecular formula is C17H27N3O. The van der Waals surface area contributed by atoms with Gasteiger partial charge in [-0.25, -0.2) is 0 Å². The number of likely N-dealkylation sites (N-methyl/N-ethyl adjacent to an activating group) is 1. The van der Waals surface area contributed by atoms with E-state index in [1.54, 1.807) is 4.90 Å². The molecule has 0 N–H and O–H groups in total. The van der Waals surface area contributed by atoms with Gasteiger partial charge in [0, 0.05) is 46.3 Å². The Morgan fingerprint density at radius 3 is 2.48 bits per heavy atom. The SMILES string of the molecule is Cc1cccc(C(C)N2CCN(CC(=O)N(C)C)CC2)c1. The molecule has 116 valence electrons. The molecule has 2 rings (SSSR count). The molecule has 0 radical (unpaired) electrons. The number of piperazine rings is 1. The smallest absolute Gasteiger partial charge is 0.236 e. The summed E-state index contributed by atoms with van der Waals surface area (Å²) in [5.41, 5.74) is 2.70. The number of rotatable bonds is 4. The maximum absolute atomic E-state index is 11.8. The highest BCUT2D eigenvalue weighted by atomic mass is 16.2. The van der Waals surface area contributed by atoms with Gasteiger partial charge in [0.05, 0.1) is 6.54 Å².